The Hall–Kier alpha value is -6.87. The largest absolute Gasteiger partial charge is 0.416 e. The topological polar surface area (TPSA) is 232 Å². The van der Waals surface area contributed by atoms with Crippen molar-refractivity contribution in [2.75, 3.05) is 24.0 Å². The average molecular weight is 801 g/mol. The van der Waals surface area contributed by atoms with Gasteiger partial charge < -0.3 is 11.5 Å². The van der Waals surface area contributed by atoms with E-state index >= 15 is 0 Å². The van der Waals surface area contributed by atoms with Crippen LogP contribution in [0, 0.1) is 0 Å². The first-order chi connectivity index (χ1) is 26.5. The number of halogens is 3. The molecule has 0 aliphatic carbocycles. The van der Waals surface area contributed by atoms with Gasteiger partial charge in [-0.3, -0.25) is 8.80 Å². The fourth-order valence-corrected chi connectivity index (χ4v) is 6.56. The third-order valence-corrected chi connectivity index (χ3v) is 9.68. The van der Waals surface area contributed by atoms with E-state index in [9.17, 15) is 30.0 Å². The molecule has 0 amide bonds. The van der Waals surface area contributed by atoms with Gasteiger partial charge in [0.25, 0.3) is 0 Å². The lowest BCUT2D eigenvalue weighted by atomic mass is 10.1. The van der Waals surface area contributed by atoms with Gasteiger partial charge >= 0.3 is 6.18 Å². The molecule has 0 radical (unpaired) electrons. The number of anilines is 2. The SMILES string of the molecule is CS(=O)(=O)c1nccc(-c2c(-c3cccc(C(F)(F)F)c3)nc3nc(N)ccn23)n1.CS(=O)(=O)c1nccc(-c2c(-c3ccccc3)nc3nc(N)ccn23)n1. The minimum Gasteiger partial charge on any atom is -0.384 e. The summed E-state index contributed by atoms with van der Waals surface area (Å²) >= 11 is 0. The van der Waals surface area contributed by atoms with Gasteiger partial charge in [-0.05, 0) is 36.4 Å². The Balaban J connectivity index is 0.000000173. The fraction of sp³-hybridized carbons (Fsp3) is 0.0857. The molecule has 0 saturated heterocycles. The molecule has 0 aliphatic rings. The highest BCUT2D eigenvalue weighted by molar-refractivity contribution is 7.90. The van der Waals surface area contributed by atoms with Crippen LogP contribution in [0.1, 0.15) is 5.56 Å². The summed E-state index contributed by atoms with van der Waals surface area (Å²) in [5.74, 6) is 1.03. The van der Waals surface area contributed by atoms with E-state index in [1.54, 1.807) is 22.7 Å². The van der Waals surface area contributed by atoms with Crippen molar-refractivity contribution >= 4 is 42.9 Å². The zero-order chi connectivity index (χ0) is 40.0. The van der Waals surface area contributed by atoms with Crippen molar-refractivity contribution < 1.29 is 30.0 Å². The Bertz CT molecular complexity index is 3010. The van der Waals surface area contributed by atoms with Gasteiger partial charge in [0, 0.05) is 48.4 Å². The Morgan fingerprint density at radius 1 is 0.571 bits per heavy atom. The molecule has 56 heavy (non-hydrogen) atoms. The van der Waals surface area contributed by atoms with Crippen LogP contribution < -0.4 is 11.5 Å². The zero-order valence-corrected chi connectivity index (χ0v) is 30.7. The van der Waals surface area contributed by atoms with E-state index in [-0.39, 0.29) is 39.4 Å². The predicted octanol–water partition coefficient (Wildman–Crippen LogP) is 4.70. The highest BCUT2D eigenvalue weighted by atomic mass is 32.2. The minimum absolute atomic E-state index is 0.122. The Kier molecular flexibility index (Phi) is 9.42. The number of hydrogen-bond donors (Lipinski definition) is 2. The normalized spacial score (nSPS) is 12.1. The molecule has 0 unspecified atom stereocenters. The molecule has 0 spiro atoms. The molecule has 6 aromatic heterocycles. The van der Waals surface area contributed by atoms with E-state index in [2.05, 4.69) is 39.9 Å². The number of imidazole rings is 2. The van der Waals surface area contributed by atoms with Crippen LogP contribution in [0.5, 0.6) is 0 Å². The van der Waals surface area contributed by atoms with E-state index < -0.39 is 36.6 Å². The standard InChI is InChI=1S/C18H13F3N6O2S.C17H14N6O2S/c1-30(28,29)17-23-7-5-12(24-17)15-14(26-16-25-13(22)6-8-27(15)16)10-3-2-4-11(9-10)18(19,20)21;1-26(24,25)17-19-9-7-12(20-17)15-14(11-5-3-2-4-6-11)22-16-21-13(18)8-10-23(15)16/h2-9H,1H3,(H2,22,25,26);2-10H,1H3,(H2,18,21,22). The molecule has 16 nitrogen and oxygen atoms in total. The second kappa shape index (κ2) is 14.1. The predicted molar refractivity (Wildman–Crippen MR) is 199 cm³/mol. The maximum atomic E-state index is 13.2. The molecular weight excluding hydrogens is 774 g/mol. The summed E-state index contributed by atoms with van der Waals surface area (Å²) in [5.41, 5.74) is 13.8. The second-order valence-electron chi connectivity index (χ2n) is 12.1. The van der Waals surface area contributed by atoms with Crippen molar-refractivity contribution in [3.05, 3.63) is 109 Å². The molecule has 4 N–H and O–H groups in total. The lowest BCUT2D eigenvalue weighted by molar-refractivity contribution is -0.137. The van der Waals surface area contributed by atoms with E-state index in [1.807, 2.05) is 30.3 Å². The maximum absolute atomic E-state index is 13.2. The molecule has 6 heterocycles. The molecule has 0 saturated carbocycles. The number of aromatic nitrogens is 10. The number of fused-ring (bicyclic) bond motifs is 2. The molecule has 21 heteroatoms. The zero-order valence-electron chi connectivity index (χ0n) is 29.0. The van der Waals surface area contributed by atoms with Gasteiger partial charge in [-0.25, -0.2) is 46.7 Å². The van der Waals surface area contributed by atoms with Gasteiger partial charge in [-0.2, -0.15) is 23.1 Å². The van der Waals surface area contributed by atoms with Crippen molar-refractivity contribution in [1.82, 2.24) is 48.7 Å². The summed E-state index contributed by atoms with van der Waals surface area (Å²) in [6.45, 7) is 0. The summed E-state index contributed by atoms with van der Waals surface area (Å²) in [4.78, 5) is 33.2. The molecule has 0 aliphatic heterocycles. The fourth-order valence-electron chi connectivity index (χ4n) is 5.52. The number of hydrogen-bond acceptors (Lipinski definition) is 14. The van der Waals surface area contributed by atoms with Gasteiger partial charge in [0.1, 0.15) is 34.4 Å². The van der Waals surface area contributed by atoms with Crippen LogP contribution in [-0.2, 0) is 25.9 Å². The van der Waals surface area contributed by atoms with E-state index in [0.717, 1.165) is 30.2 Å². The first-order valence-corrected chi connectivity index (χ1v) is 19.8. The van der Waals surface area contributed by atoms with E-state index in [1.165, 1.54) is 47.3 Å². The van der Waals surface area contributed by atoms with Crippen molar-refractivity contribution in [1.29, 1.82) is 0 Å². The van der Waals surface area contributed by atoms with Crippen LogP contribution in [0.3, 0.4) is 0 Å². The molecule has 284 valence electrons. The molecular formula is C35H27F3N12O4S2. The molecule has 2 aromatic carbocycles. The van der Waals surface area contributed by atoms with Gasteiger partial charge in [-0.1, -0.05) is 42.5 Å². The summed E-state index contributed by atoms with van der Waals surface area (Å²) < 4.78 is 90.2. The molecule has 0 bridgehead atoms. The lowest BCUT2D eigenvalue weighted by Crippen LogP contribution is -2.06. The molecule has 8 rings (SSSR count). The van der Waals surface area contributed by atoms with Gasteiger partial charge in [0.05, 0.1) is 17.0 Å². The van der Waals surface area contributed by atoms with Crippen molar-refractivity contribution in [3.8, 4) is 45.3 Å². The Morgan fingerprint density at radius 3 is 1.50 bits per heavy atom. The van der Waals surface area contributed by atoms with E-state index in [4.69, 9.17) is 11.5 Å². The van der Waals surface area contributed by atoms with Crippen molar-refractivity contribution in [2.24, 2.45) is 0 Å². The highest BCUT2D eigenvalue weighted by Gasteiger charge is 2.31. The van der Waals surface area contributed by atoms with Gasteiger partial charge in [0.2, 0.25) is 41.5 Å². The Morgan fingerprint density at radius 2 is 1.04 bits per heavy atom. The third kappa shape index (κ3) is 7.57. The van der Waals surface area contributed by atoms with Crippen LogP contribution in [0.2, 0.25) is 0 Å². The molecule has 8 aromatic rings. The van der Waals surface area contributed by atoms with Crippen LogP contribution in [0.4, 0.5) is 24.8 Å². The second-order valence-corrected chi connectivity index (χ2v) is 15.9. The average Bonchev–Trinajstić information content (AvgIpc) is 3.73. The monoisotopic (exact) mass is 800 g/mol. The molecule has 0 fully saturated rings. The summed E-state index contributed by atoms with van der Waals surface area (Å²) in [7, 11) is -7.26. The number of alkyl halides is 3. The number of nitrogens with two attached hydrogens (primary N) is 2. The smallest absolute Gasteiger partial charge is 0.384 e. The van der Waals surface area contributed by atoms with E-state index in [0.29, 0.717) is 28.7 Å². The van der Waals surface area contributed by atoms with Crippen molar-refractivity contribution in [3.63, 3.8) is 0 Å². The van der Waals surface area contributed by atoms with Crippen molar-refractivity contribution in [2.45, 2.75) is 16.5 Å². The van der Waals surface area contributed by atoms with Crippen LogP contribution in [-0.4, -0.2) is 78.0 Å². The lowest BCUT2D eigenvalue weighted by Gasteiger charge is -2.09. The minimum atomic E-state index is -4.55. The summed E-state index contributed by atoms with van der Waals surface area (Å²) in [5, 5.41) is -0.666. The summed E-state index contributed by atoms with van der Waals surface area (Å²) in [6.07, 6.45) is 3.40. The number of benzene rings is 2. The van der Waals surface area contributed by atoms with Crippen LogP contribution in [0.25, 0.3) is 56.8 Å². The van der Waals surface area contributed by atoms with Gasteiger partial charge in [0.15, 0.2) is 0 Å². The number of nitrogens with zero attached hydrogens (tertiary/aromatic N) is 10. The first kappa shape index (κ1) is 37.4. The molecule has 0 atom stereocenters. The highest BCUT2D eigenvalue weighted by Crippen LogP contribution is 2.36. The Labute approximate surface area is 315 Å². The van der Waals surface area contributed by atoms with Crippen LogP contribution >= 0.6 is 0 Å². The van der Waals surface area contributed by atoms with Gasteiger partial charge in [-0.15, -0.1) is 0 Å². The maximum Gasteiger partial charge on any atom is 0.416 e. The number of nitrogen functional groups attached to an aromatic ring is 2. The first-order valence-electron chi connectivity index (χ1n) is 16.1. The summed E-state index contributed by atoms with van der Waals surface area (Å²) in [6, 6.07) is 20.3. The number of sulfone groups is 2. The number of rotatable bonds is 6. The quantitative estimate of drug-likeness (QED) is 0.217. The third-order valence-electron chi connectivity index (χ3n) is 7.96. The van der Waals surface area contributed by atoms with Crippen LogP contribution in [0.15, 0.2) is 114 Å².